The summed E-state index contributed by atoms with van der Waals surface area (Å²) in [5.41, 5.74) is 6.27. The molecule has 0 aromatic rings. The SMILES string of the molecule is C[C@]12CC[C@H]3[C@@H](CC[C@@H]4C[C@H](O)CC[C@@H]43)[C@@H]1C[C@@H](F)[C@@H]2N. The highest BCUT2D eigenvalue weighted by Gasteiger charge is 2.59. The minimum absolute atomic E-state index is 0.0433. The molecule has 120 valence electrons. The van der Waals surface area contributed by atoms with E-state index in [-0.39, 0.29) is 17.6 Å². The maximum Gasteiger partial charge on any atom is 0.116 e. The van der Waals surface area contributed by atoms with Gasteiger partial charge in [0.15, 0.2) is 0 Å². The molecule has 4 rings (SSSR count). The number of halogens is 1. The van der Waals surface area contributed by atoms with Gasteiger partial charge in [0.2, 0.25) is 0 Å². The summed E-state index contributed by atoms with van der Waals surface area (Å²) in [6, 6.07) is -0.241. The normalized spacial score (nSPS) is 60.0. The zero-order valence-corrected chi connectivity index (χ0v) is 13.2. The van der Waals surface area contributed by atoms with Crippen molar-refractivity contribution in [3.63, 3.8) is 0 Å². The number of alkyl halides is 1. The van der Waals surface area contributed by atoms with Gasteiger partial charge in [-0.05, 0) is 86.4 Å². The lowest BCUT2D eigenvalue weighted by atomic mass is 9.50. The van der Waals surface area contributed by atoms with Gasteiger partial charge in [0.05, 0.1) is 6.10 Å². The summed E-state index contributed by atoms with van der Waals surface area (Å²) in [5, 5.41) is 9.94. The van der Waals surface area contributed by atoms with Gasteiger partial charge in [0.1, 0.15) is 6.17 Å². The number of rotatable bonds is 0. The van der Waals surface area contributed by atoms with Crippen molar-refractivity contribution in [3.8, 4) is 0 Å². The van der Waals surface area contributed by atoms with Crippen LogP contribution < -0.4 is 5.73 Å². The highest BCUT2D eigenvalue weighted by molar-refractivity contribution is 5.10. The van der Waals surface area contributed by atoms with E-state index in [1.54, 1.807) is 0 Å². The number of fused-ring (bicyclic) bond motifs is 5. The number of aliphatic hydroxyl groups is 1. The van der Waals surface area contributed by atoms with E-state index in [9.17, 15) is 9.50 Å². The van der Waals surface area contributed by atoms with E-state index in [0.29, 0.717) is 18.3 Å². The van der Waals surface area contributed by atoms with Gasteiger partial charge in [0, 0.05) is 6.04 Å². The van der Waals surface area contributed by atoms with Crippen molar-refractivity contribution in [1.29, 1.82) is 0 Å². The minimum atomic E-state index is -0.787. The summed E-state index contributed by atoms with van der Waals surface area (Å²) >= 11 is 0. The molecular formula is C18H30FNO. The molecule has 0 aromatic heterocycles. The lowest BCUT2D eigenvalue weighted by molar-refractivity contribution is -0.0703. The van der Waals surface area contributed by atoms with Crippen molar-refractivity contribution in [2.45, 2.75) is 76.6 Å². The molecule has 0 aromatic carbocycles. The van der Waals surface area contributed by atoms with Crippen molar-refractivity contribution < 1.29 is 9.50 Å². The van der Waals surface area contributed by atoms with E-state index in [1.807, 2.05) is 0 Å². The molecule has 2 nitrogen and oxygen atoms in total. The van der Waals surface area contributed by atoms with Gasteiger partial charge in [-0.3, -0.25) is 0 Å². The van der Waals surface area contributed by atoms with Crippen molar-refractivity contribution in [2.75, 3.05) is 0 Å². The van der Waals surface area contributed by atoms with Crippen molar-refractivity contribution in [3.05, 3.63) is 0 Å². The number of nitrogens with two attached hydrogens (primary N) is 1. The van der Waals surface area contributed by atoms with Crippen molar-refractivity contribution in [1.82, 2.24) is 0 Å². The zero-order valence-electron chi connectivity index (χ0n) is 13.2. The first-order valence-corrected chi connectivity index (χ1v) is 9.08. The second kappa shape index (κ2) is 4.92. The smallest absolute Gasteiger partial charge is 0.116 e. The van der Waals surface area contributed by atoms with Gasteiger partial charge in [0.25, 0.3) is 0 Å². The van der Waals surface area contributed by atoms with Crippen LogP contribution in [0.3, 0.4) is 0 Å². The Morgan fingerprint density at radius 2 is 1.76 bits per heavy atom. The van der Waals surface area contributed by atoms with E-state index in [1.165, 1.54) is 25.7 Å². The highest BCUT2D eigenvalue weighted by atomic mass is 19.1. The van der Waals surface area contributed by atoms with Gasteiger partial charge in [-0.2, -0.15) is 0 Å². The molecule has 4 aliphatic rings. The Morgan fingerprint density at radius 1 is 1.00 bits per heavy atom. The average Bonchev–Trinajstić information content (AvgIpc) is 2.70. The van der Waals surface area contributed by atoms with Crippen LogP contribution in [0.5, 0.6) is 0 Å². The molecule has 0 aliphatic heterocycles. The molecule has 4 aliphatic carbocycles. The molecule has 0 radical (unpaired) electrons. The molecule has 0 unspecified atom stereocenters. The Balaban J connectivity index is 1.58. The van der Waals surface area contributed by atoms with Crippen LogP contribution in [0.2, 0.25) is 0 Å². The molecule has 0 saturated heterocycles. The first kappa shape index (κ1) is 14.4. The Labute approximate surface area is 127 Å². The predicted molar refractivity (Wildman–Crippen MR) is 81.4 cm³/mol. The summed E-state index contributed by atoms with van der Waals surface area (Å²) in [5.74, 6) is 3.52. The molecule has 4 fully saturated rings. The Kier molecular flexibility index (Phi) is 3.39. The molecule has 0 heterocycles. The van der Waals surface area contributed by atoms with Crippen LogP contribution in [0.15, 0.2) is 0 Å². The topological polar surface area (TPSA) is 46.2 Å². The third-order valence-electron chi connectivity index (χ3n) is 7.99. The van der Waals surface area contributed by atoms with Crippen LogP contribution in [-0.2, 0) is 0 Å². The Hall–Kier alpha value is -0.150. The van der Waals surface area contributed by atoms with E-state index in [0.717, 1.165) is 37.0 Å². The van der Waals surface area contributed by atoms with E-state index in [4.69, 9.17) is 5.73 Å². The molecule has 3 heteroatoms. The quantitative estimate of drug-likeness (QED) is 0.720. The van der Waals surface area contributed by atoms with Crippen LogP contribution >= 0.6 is 0 Å². The maximum atomic E-state index is 14.2. The summed E-state index contributed by atoms with van der Waals surface area (Å²) in [7, 11) is 0. The van der Waals surface area contributed by atoms with Crippen molar-refractivity contribution in [2.24, 2.45) is 40.7 Å². The number of hydrogen-bond acceptors (Lipinski definition) is 2. The van der Waals surface area contributed by atoms with Gasteiger partial charge < -0.3 is 10.8 Å². The first-order valence-electron chi connectivity index (χ1n) is 9.08. The monoisotopic (exact) mass is 295 g/mol. The molecule has 0 bridgehead atoms. The molecular weight excluding hydrogens is 265 g/mol. The Bertz CT molecular complexity index is 416. The second-order valence-corrected chi connectivity index (χ2v) is 8.72. The summed E-state index contributed by atoms with van der Waals surface area (Å²) in [6.07, 6.45) is 7.91. The van der Waals surface area contributed by atoms with Crippen LogP contribution in [0.1, 0.15) is 58.3 Å². The summed E-state index contributed by atoms with van der Waals surface area (Å²) < 4.78 is 14.2. The molecule has 4 saturated carbocycles. The molecule has 21 heavy (non-hydrogen) atoms. The van der Waals surface area contributed by atoms with Gasteiger partial charge >= 0.3 is 0 Å². The van der Waals surface area contributed by atoms with Gasteiger partial charge in [-0.1, -0.05) is 6.92 Å². The maximum absolute atomic E-state index is 14.2. The van der Waals surface area contributed by atoms with Crippen LogP contribution in [0.4, 0.5) is 4.39 Å². The molecule has 9 atom stereocenters. The lowest BCUT2D eigenvalue weighted by Gasteiger charge is -2.55. The van der Waals surface area contributed by atoms with Crippen LogP contribution in [-0.4, -0.2) is 23.4 Å². The summed E-state index contributed by atoms with van der Waals surface area (Å²) in [6.45, 7) is 2.26. The third kappa shape index (κ3) is 2.03. The average molecular weight is 295 g/mol. The van der Waals surface area contributed by atoms with E-state index in [2.05, 4.69) is 6.92 Å². The van der Waals surface area contributed by atoms with Crippen molar-refractivity contribution >= 4 is 0 Å². The highest BCUT2D eigenvalue weighted by Crippen LogP contribution is 2.62. The number of aliphatic hydroxyl groups excluding tert-OH is 1. The van der Waals surface area contributed by atoms with Crippen LogP contribution in [0, 0.1) is 35.0 Å². The number of hydrogen-bond donors (Lipinski definition) is 2. The summed E-state index contributed by atoms with van der Waals surface area (Å²) in [4.78, 5) is 0. The zero-order chi connectivity index (χ0) is 14.8. The fraction of sp³-hybridized carbons (Fsp3) is 1.00. The van der Waals surface area contributed by atoms with Gasteiger partial charge in [-0.15, -0.1) is 0 Å². The van der Waals surface area contributed by atoms with Crippen LogP contribution in [0.25, 0.3) is 0 Å². The first-order chi connectivity index (χ1) is 10.0. The molecule has 0 spiro atoms. The fourth-order valence-corrected chi connectivity index (χ4v) is 6.84. The predicted octanol–water partition coefficient (Wildman–Crippen LogP) is 3.28. The van der Waals surface area contributed by atoms with E-state index < -0.39 is 6.17 Å². The largest absolute Gasteiger partial charge is 0.393 e. The fourth-order valence-electron chi connectivity index (χ4n) is 6.84. The Morgan fingerprint density at radius 3 is 2.57 bits per heavy atom. The van der Waals surface area contributed by atoms with E-state index >= 15 is 0 Å². The third-order valence-corrected chi connectivity index (χ3v) is 7.99. The second-order valence-electron chi connectivity index (χ2n) is 8.72. The minimum Gasteiger partial charge on any atom is -0.393 e. The molecule has 0 amide bonds. The molecule has 3 N–H and O–H groups in total. The van der Waals surface area contributed by atoms with Gasteiger partial charge in [-0.25, -0.2) is 4.39 Å². The standard InChI is InChI=1S/C18H30FNO/c1-18-7-6-13-12-5-3-11(21)8-10(12)2-4-14(13)15(18)9-16(19)17(18)20/h10-17,21H,2-9,20H2,1H3/t10-,11-,12+,13-,14-,15+,16-,17+,18+/m1/s1. The lowest BCUT2D eigenvalue weighted by Crippen LogP contribution is -2.51.